The monoisotopic (exact) mass is 394 g/mol. The highest BCUT2D eigenvalue weighted by atomic mass is 35.5. The number of nitrogens with two attached hydrogens (primary N) is 4. The Balaban J connectivity index is 1.91. The summed E-state index contributed by atoms with van der Waals surface area (Å²) in [6.07, 6.45) is 0. The maximum absolute atomic E-state index is 13.2. The van der Waals surface area contributed by atoms with Gasteiger partial charge in [0.2, 0.25) is 0 Å². The highest BCUT2D eigenvalue weighted by Crippen LogP contribution is 2.43. The Morgan fingerprint density at radius 2 is 1.18 bits per heavy atom. The number of fused-ring (bicyclic) bond motifs is 2. The van der Waals surface area contributed by atoms with Gasteiger partial charge < -0.3 is 27.7 Å². The minimum absolute atomic E-state index is 0.00393. The number of hydrogen-bond acceptors (Lipinski definition) is 7. The zero-order chi connectivity index (χ0) is 20.2. The molecule has 3 aromatic rings. The molecule has 140 valence electrons. The third kappa shape index (κ3) is 2.52. The molecule has 0 spiro atoms. The molecule has 0 unspecified atom stereocenters. The van der Waals surface area contributed by atoms with Crippen molar-refractivity contribution in [3.8, 4) is 11.5 Å². The third-order valence-electron chi connectivity index (χ3n) is 4.58. The molecule has 4 rings (SSSR count). The van der Waals surface area contributed by atoms with Crippen LogP contribution in [-0.2, 0) is 0 Å². The van der Waals surface area contributed by atoms with E-state index in [9.17, 15) is 9.59 Å². The van der Waals surface area contributed by atoms with E-state index in [2.05, 4.69) is 0 Å². The van der Waals surface area contributed by atoms with Crippen LogP contribution >= 0.6 is 11.6 Å². The molecular weight excluding hydrogens is 380 g/mol. The maximum atomic E-state index is 13.2. The molecular formula is C20H15ClN4O3. The van der Waals surface area contributed by atoms with Crippen LogP contribution < -0.4 is 27.7 Å². The Bertz CT molecular complexity index is 1170. The van der Waals surface area contributed by atoms with Gasteiger partial charge in [-0.05, 0) is 36.4 Å². The Kier molecular flexibility index (Phi) is 3.90. The molecule has 0 amide bonds. The molecule has 0 bridgehead atoms. The largest absolute Gasteiger partial charge is 0.455 e. The van der Waals surface area contributed by atoms with Crippen LogP contribution in [0, 0.1) is 0 Å². The van der Waals surface area contributed by atoms with Crippen molar-refractivity contribution >= 4 is 45.9 Å². The topological polar surface area (TPSA) is 147 Å². The lowest BCUT2D eigenvalue weighted by atomic mass is 9.80. The molecule has 0 aromatic heterocycles. The average molecular weight is 395 g/mol. The highest BCUT2D eigenvalue weighted by Gasteiger charge is 2.37. The standard InChI is InChI=1S/C20H15ClN4O3/c21-8-1-3-9(4-2-8)28-13-7-12(24)16-17(18(13)25)20(27)15-11(23)6-5-10(22)14(15)19(16)26/h1-7H,22-25H2. The van der Waals surface area contributed by atoms with Crippen LogP contribution in [0.25, 0.3) is 0 Å². The molecule has 0 atom stereocenters. The second-order valence-electron chi connectivity index (χ2n) is 6.34. The van der Waals surface area contributed by atoms with Crippen molar-refractivity contribution in [3.05, 3.63) is 69.7 Å². The first-order valence-electron chi connectivity index (χ1n) is 8.22. The van der Waals surface area contributed by atoms with Gasteiger partial charge in [-0.3, -0.25) is 9.59 Å². The average Bonchev–Trinajstić information content (AvgIpc) is 2.66. The number of halogens is 1. The number of anilines is 4. The highest BCUT2D eigenvalue weighted by molar-refractivity contribution is 6.35. The van der Waals surface area contributed by atoms with Crippen LogP contribution in [0.2, 0.25) is 5.02 Å². The first kappa shape index (κ1) is 17.7. The molecule has 0 aliphatic heterocycles. The first-order chi connectivity index (χ1) is 13.3. The fourth-order valence-electron chi connectivity index (χ4n) is 3.26. The Morgan fingerprint density at radius 1 is 0.679 bits per heavy atom. The predicted octanol–water partition coefficient (Wildman–Crippen LogP) is 3.24. The summed E-state index contributed by atoms with van der Waals surface area (Å²) < 4.78 is 5.75. The van der Waals surface area contributed by atoms with Gasteiger partial charge in [0, 0.05) is 28.2 Å². The van der Waals surface area contributed by atoms with E-state index in [1.54, 1.807) is 24.3 Å². The van der Waals surface area contributed by atoms with Crippen molar-refractivity contribution in [1.82, 2.24) is 0 Å². The van der Waals surface area contributed by atoms with E-state index < -0.39 is 11.6 Å². The quantitative estimate of drug-likeness (QED) is 0.381. The van der Waals surface area contributed by atoms with Crippen LogP contribution in [0.4, 0.5) is 22.7 Å². The number of carbonyl (C=O) groups is 2. The molecule has 3 aromatic carbocycles. The first-order valence-corrected chi connectivity index (χ1v) is 8.60. The van der Waals surface area contributed by atoms with Crippen molar-refractivity contribution in [1.29, 1.82) is 0 Å². The summed E-state index contributed by atoms with van der Waals surface area (Å²) in [6, 6.07) is 10.9. The van der Waals surface area contributed by atoms with Gasteiger partial charge in [-0.1, -0.05) is 11.6 Å². The summed E-state index contributed by atoms with van der Waals surface area (Å²) in [7, 11) is 0. The number of rotatable bonds is 2. The SMILES string of the molecule is Nc1ccc(N)c2c1C(=O)c1c(N)cc(Oc3ccc(Cl)cc3)c(N)c1C2=O. The molecule has 8 N–H and O–H groups in total. The second-order valence-corrected chi connectivity index (χ2v) is 6.77. The van der Waals surface area contributed by atoms with E-state index in [-0.39, 0.29) is 50.8 Å². The summed E-state index contributed by atoms with van der Waals surface area (Å²) >= 11 is 5.87. The third-order valence-corrected chi connectivity index (χ3v) is 4.83. The molecule has 1 aliphatic carbocycles. The number of hydrogen-bond donors (Lipinski definition) is 4. The molecule has 8 heteroatoms. The fourth-order valence-corrected chi connectivity index (χ4v) is 3.39. The second kappa shape index (κ2) is 6.17. The van der Waals surface area contributed by atoms with Crippen molar-refractivity contribution < 1.29 is 14.3 Å². The number of benzene rings is 3. The lowest BCUT2D eigenvalue weighted by Gasteiger charge is -2.24. The zero-order valence-electron chi connectivity index (χ0n) is 14.5. The minimum atomic E-state index is -0.528. The summed E-state index contributed by atoms with van der Waals surface area (Å²) in [4.78, 5) is 26.2. The summed E-state index contributed by atoms with van der Waals surface area (Å²) in [6.45, 7) is 0. The van der Waals surface area contributed by atoms with Gasteiger partial charge in [0.25, 0.3) is 0 Å². The smallest absolute Gasteiger partial charge is 0.198 e. The lowest BCUT2D eigenvalue weighted by molar-refractivity contribution is 0.0981. The van der Waals surface area contributed by atoms with Crippen LogP contribution in [0.3, 0.4) is 0 Å². The fraction of sp³-hybridized carbons (Fsp3) is 0. The number of ketones is 2. The van der Waals surface area contributed by atoms with E-state index in [0.717, 1.165) is 0 Å². The number of nitrogen functional groups attached to an aromatic ring is 4. The van der Waals surface area contributed by atoms with Gasteiger partial charge in [0.1, 0.15) is 5.75 Å². The van der Waals surface area contributed by atoms with Crippen molar-refractivity contribution in [2.45, 2.75) is 0 Å². The van der Waals surface area contributed by atoms with Crippen molar-refractivity contribution in [2.24, 2.45) is 0 Å². The summed E-state index contributed by atoms with van der Waals surface area (Å²) in [5.74, 6) is -0.448. The van der Waals surface area contributed by atoms with Crippen LogP contribution in [0.5, 0.6) is 11.5 Å². The van der Waals surface area contributed by atoms with E-state index in [1.807, 2.05) is 0 Å². The van der Waals surface area contributed by atoms with E-state index in [4.69, 9.17) is 39.3 Å². The normalized spacial score (nSPS) is 12.5. The maximum Gasteiger partial charge on any atom is 0.198 e. The molecule has 0 radical (unpaired) electrons. The van der Waals surface area contributed by atoms with Crippen LogP contribution in [-0.4, -0.2) is 11.6 Å². The molecule has 28 heavy (non-hydrogen) atoms. The molecule has 0 heterocycles. The van der Waals surface area contributed by atoms with Gasteiger partial charge in [-0.25, -0.2) is 0 Å². The zero-order valence-corrected chi connectivity index (χ0v) is 15.2. The van der Waals surface area contributed by atoms with Gasteiger partial charge in [-0.2, -0.15) is 0 Å². The molecule has 0 saturated heterocycles. The Hall–Kier alpha value is -3.71. The Morgan fingerprint density at radius 3 is 1.75 bits per heavy atom. The summed E-state index contributed by atoms with van der Waals surface area (Å²) in [5, 5.41) is 0.538. The van der Waals surface area contributed by atoms with E-state index >= 15 is 0 Å². The van der Waals surface area contributed by atoms with Crippen LogP contribution in [0.15, 0.2) is 42.5 Å². The minimum Gasteiger partial charge on any atom is -0.455 e. The van der Waals surface area contributed by atoms with E-state index in [0.29, 0.717) is 10.8 Å². The lowest BCUT2D eigenvalue weighted by Crippen LogP contribution is -2.26. The number of carbonyl (C=O) groups excluding carboxylic acids is 2. The molecule has 0 fully saturated rings. The molecule has 7 nitrogen and oxygen atoms in total. The van der Waals surface area contributed by atoms with E-state index in [1.165, 1.54) is 18.2 Å². The van der Waals surface area contributed by atoms with Gasteiger partial charge >= 0.3 is 0 Å². The van der Waals surface area contributed by atoms with Crippen molar-refractivity contribution in [2.75, 3.05) is 22.9 Å². The molecule has 1 aliphatic rings. The molecule has 0 saturated carbocycles. The van der Waals surface area contributed by atoms with Gasteiger partial charge in [0.05, 0.1) is 27.9 Å². The van der Waals surface area contributed by atoms with Gasteiger partial charge in [0.15, 0.2) is 17.3 Å². The summed E-state index contributed by atoms with van der Waals surface area (Å²) in [5.41, 5.74) is 24.5. The van der Waals surface area contributed by atoms with Gasteiger partial charge in [-0.15, -0.1) is 0 Å². The number of ether oxygens (including phenoxy) is 1. The Labute approximate surface area is 164 Å². The van der Waals surface area contributed by atoms with Crippen LogP contribution in [0.1, 0.15) is 31.8 Å². The van der Waals surface area contributed by atoms with Crippen molar-refractivity contribution in [3.63, 3.8) is 0 Å². The predicted molar refractivity (Wildman–Crippen MR) is 109 cm³/mol.